The Kier molecular flexibility index (Phi) is 7.48. The van der Waals surface area contributed by atoms with E-state index < -0.39 is 5.97 Å². The maximum absolute atomic E-state index is 10.7. The number of carboxylic acids is 1. The van der Waals surface area contributed by atoms with Gasteiger partial charge in [0, 0.05) is 6.08 Å². The molecule has 3 heteroatoms. The lowest BCUT2D eigenvalue weighted by Gasteiger charge is -2.08. The van der Waals surface area contributed by atoms with E-state index in [1.807, 2.05) is 31.2 Å². The van der Waals surface area contributed by atoms with Gasteiger partial charge in [0.05, 0.1) is 6.61 Å². The van der Waals surface area contributed by atoms with E-state index in [9.17, 15) is 4.79 Å². The van der Waals surface area contributed by atoms with Crippen LogP contribution in [-0.4, -0.2) is 17.7 Å². The molecule has 0 spiro atoms. The number of rotatable bonds is 9. The van der Waals surface area contributed by atoms with Crippen molar-refractivity contribution in [3.05, 3.63) is 35.9 Å². The second kappa shape index (κ2) is 9.18. The standard InChI is InChI=1S/C17H24O3/c1-3-5-6-7-12-20-16-10-8-15(9-11-16)14(4-2)13-17(18)19/h8-11,13H,3-7,12H2,1-2H3,(H,18,19)/b14-13+. The first-order chi connectivity index (χ1) is 9.67. The summed E-state index contributed by atoms with van der Waals surface area (Å²) in [6.45, 7) is 4.88. The number of benzene rings is 1. The summed E-state index contributed by atoms with van der Waals surface area (Å²) in [5.41, 5.74) is 1.76. The Hall–Kier alpha value is -1.77. The molecule has 20 heavy (non-hydrogen) atoms. The fourth-order valence-corrected chi connectivity index (χ4v) is 2.02. The van der Waals surface area contributed by atoms with E-state index in [4.69, 9.17) is 9.84 Å². The summed E-state index contributed by atoms with van der Waals surface area (Å²) >= 11 is 0. The van der Waals surface area contributed by atoms with Gasteiger partial charge in [-0.05, 0) is 36.1 Å². The third-order valence-electron chi connectivity index (χ3n) is 3.17. The topological polar surface area (TPSA) is 46.5 Å². The number of aliphatic carboxylic acids is 1. The third-order valence-corrected chi connectivity index (χ3v) is 3.17. The van der Waals surface area contributed by atoms with Crippen LogP contribution < -0.4 is 4.74 Å². The summed E-state index contributed by atoms with van der Waals surface area (Å²) in [5, 5.41) is 8.82. The normalized spacial score (nSPS) is 11.4. The molecule has 0 heterocycles. The largest absolute Gasteiger partial charge is 0.494 e. The predicted molar refractivity (Wildman–Crippen MR) is 82.0 cm³/mol. The first-order valence-corrected chi connectivity index (χ1v) is 7.34. The molecule has 1 aromatic rings. The van der Waals surface area contributed by atoms with Gasteiger partial charge in [-0.1, -0.05) is 45.2 Å². The minimum absolute atomic E-state index is 0.698. The maximum Gasteiger partial charge on any atom is 0.328 e. The Morgan fingerprint density at radius 2 is 1.85 bits per heavy atom. The van der Waals surface area contributed by atoms with Crippen LogP contribution in [0.15, 0.2) is 30.3 Å². The van der Waals surface area contributed by atoms with Gasteiger partial charge in [0.15, 0.2) is 0 Å². The van der Waals surface area contributed by atoms with E-state index >= 15 is 0 Å². The van der Waals surface area contributed by atoms with Crippen LogP contribution in [0.3, 0.4) is 0 Å². The first-order valence-electron chi connectivity index (χ1n) is 7.34. The summed E-state index contributed by atoms with van der Waals surface area (Å²) in [6.07, 6.45) is 6.72. The Bertz CT molecular complexity index is 432. The molecule has 0 atom stereocenters. The van der Waals surface area contributed by atoms with Gasteiger partial charge < -0.3 is 9.84 Å². The second-order valence-electron chi connectivity index (χ2n) is 4.79. The second-order valence-corrected chi connectivity index (χ2v) is 4.79. The Labute approximate surface area is 121 Å². The van der Waals surface area contributed by atoms with Crippen LogP contribution in [0.25, 0.3) is 5.57 Å². The first kappa shape index (κ1) is 16.3. The molecule has 1 aromatic carbocycles. The van der Waals surface area contributed by atoms with Crippen LogP contribution in [0.4, 0.5) is 0 Å². The van der Waals surface area contributed by atoms with Crippen molar-refractivity contribution in [3.8, 4) is 5.75 Å². The zero-order valence-electron chi connectivity index (χ0n) is 12.4. The van der Waals surface area contributed by atoms with Crippen LogP contribution >= 0.6 is 0 Å². The summed E-state index contributed by atoms with van der Waals surface area (Å²) in [6, 6.07) is 7.64. The fraction of sp³-hybridized carbons (Fsp3) is 0.471. The van der Waals surface area contributed by atoms with Crippen molar-refractivity contribution in [3.63, 3.8) is 0 Å². The minimum Gasteiger partial charge on any atom is -0.494 e. The quantitative estimate of drug-likeness (QED) is 0.532. The van der Waals surface area contributed by atoms with Crippen LogP contribution in [0.1, 0.15) is 51.5 Å². The molecular weight excluding hydrogens is 252 g/mol. The highest BCUT2D eigenvalue weighted by atomic mass is 16.5. The van der Waals surface area contributed by atoms with Crippen LogP contribution in [0.5, 0.6) is 5.75 Å². The Morgan fingerprint density at radius 3 is 2.40 bits per heavy atom. The van der Waals surface area contributed by atoms with E-state index in [2.05, 4.69) is 6.92 Å². The smallest absolute Gasteiger partial charge is 0.328 e. The van der Waals surface area contributed by atoms with E-state index in [1.54, 1.807) is 0 Å². The third kappa shape index (κ3) is 5.91. The zero-order valence-corrected chi connectivity index (χ0v) is 12.4. The molecule has 110 valence electrons. The molecule has 0 saturated carbocycles. The number of hydrogen-bond donors (Lipinski definition) is 1. The molecule has 0 fully saturated rings. The molecule has 0 aliphatic carbocycles. The van der Waals surface area contributed by atoms with Crippen molar-refractivity contribution < 1.29 is 14.6 Å². The lowest BCUT2D eigenvalue weighted by molar-refractivity contribution is -0.131. The molecular formula is C17H24O3. The van der Waals surface area contributed by atoms with Gasteiger partial charge in [0.2, 0.25) is 0 Å². The van der Waals surface area contributed by atoms with Crippen molar-refractivity contribution in [2.45, 2.75) is 46.0 Å². The summed E-state index contributed by atoms with van der Waals surface area (Å²) in [4.78, 5) is 10.7. The molecule has 0 radical (unpaired) electrons. The number of unbranched alkanes of at least 4 members (excludes halogenated alkanes) is 3. The molecule has 0 unspecified atom stereocenters. The van der Waals surface area contributed by atoms with E-state index in [0.717, 1.165) is 29.9 Å². The lowest BCUT2D eigenvalue weighted by atomic mass is 10.0. The number of hydrogen-bond acceptors (Lipinski definition) is 2. The molecule has 3 nitrogen and oxygen atoms in total. The Balaban J connectivity index is 2.53. The van der Waals surface area contributed by atoms with Gasteiger partial charge in [-0.2, -0.15) is 0 Å². The maximum atomic E-state index is 10.7. The molecule has 1 rings (SSSR count). The van der Waals surface area contributed by atoms with Crippen molar-refractivity contribution in [1.29, 1.82) is 0 Å². The highest BCUT2D eigenvalue weighted by molar-refractivity contribution is 5.89. The molecule has 0 amide bonds. The minimum atomic E-state index is -0.905. The highest BCUT2D eigenvalue weighted by Gasteiger charge is 2.02. The highest BCUT2D eigenvalue weighted by Crippen LogP contribution is 2.21. The number of carbonyl (C=O) groups is 1. The van der Waals surface area contributed by atoms with Gasteiger partial charge in [-0.3, -0.25) is 0 Å². The molecule has 0 bridgehead atoms. The fourth-order valence-electron chi connectivity index (χ4n) is 2.02. The van der Waals surface area contributed by atoms with Crippen LogP contribution in [-0.2, 0) is 4.79 Å². The molecule has 0 saturated heterocycles. The van der Waals surface area contributed by atoms with E-state index in [-0.39, 0.29) is 0 Å². The van der Waals surface area contributed by atoms with Gasteiger partial charge >= 0.3 is 5.97 Å². The number of ether oxygens (including phenoxy) is 1. The van der Waals surface area contributed by atoms with Gasteiger partial charge in [0.25, 0.3) is 0 Å². The molecule has 0 aliphatic rings. The van der Waals surface area contributed by atoms with Crippen LogP contribution in [0.2, 0.25) is 0 Å². The lowest BCUT2D eigenvalue weighted by Crippen LogP contribution is -1.97. The number of carboxylic acid groups (broad SMARTS) is 1. The van der Waals surface area contributed by atoms with Crippen molar-refractivity contribution in [2.24, 2.45) is 0 Å². The summed E-state index contributed by atoms with van der Waals surface area (Å²) in [5.74, 6) is -0.0610. The van der Waals surface area contributed by atoms with Crippen molar-refractivity contribution in [1.82, 2.24) is 0 Å². The van der Waals surface area contributed by atoms with Gasteiger partial charge in [-0.15, -0.1) is 0 Å². The monoisotopic (exact) mass is 276 g/mol. The van der Waals surface area contributed by atoms with Gasteiger partial charge in [-0.25, -0.2) is 4.79 Å². The van der Waals surface area contributed by atoms with E-state index in [1.165, 1.54) is 25.3 Å². The van der Waals surface area contributed by atoms with E-state index in [0.29, 0.717) is 6.42 Å². The average molecular weight is 276 g/mol. The zero-order chi connectivity index (χ0) is 14.8. The van der Waals surface area contributed by atoms with Crippen LogP contribution in [0, 0.1) is 0 Å². The summed E-state index contributed by atoms with van der Waals surface area (Å²) < 4.78 is 5.67. The Morgan fingerprint density at radius 1 is 1.15 bits per heavy atom. The molecule has 0 aliphatic heterocycles. The van der Waals surface area contributed by atoms with Crippen molar-refractivity contribution in [2.75, 3.05) is 6.61 Å². The number of allylic oxidation sites excluding steroid dienone is 1. The molecule has 1 N–H and O–H groups in total. The average Bonchev–Trinajstić information content (AvgIpc) is 2.45. The van der Waals surface area contributed by atoms with Gasteiger partial charge in [0.1, 0.15) is 5.75 Å². The van der Waals surface area contributed by atoms with Crippen molar-refractivity contribution >= 4 is 11.5 Å². The summed E-state index contributed by atoms with van der Waals surface area (Å²) in [7, 11) is 0. The predicted octanol–water partition coefficient (Wildman–Crippen LogP) is 4.52. The SMILES string of the molecule is CCCCCCOc1ccc(/C(=C/C(=O)O)CC)cc1. The molecule has 0 aromatic heterocycles.